The Morgan fingerprint density at radius 3 is 1.17 bits per heavy atom. The van der Waals surface area contributed by atoms with Crippen LogP contribution in [0.15, 0.2) is 133 Å². The van der Waals surface area contributed by atoms with Gasteiger partial charge >= 0.3 is 12.4 Å². The molecule has 0 saturated carbocycles. The number of nitrogens with one attached hydrogen (secondary N) is 4. The van der Waals surface area contributed by atoms with Gasteiger partial charge in [0.05, 0.1) is 66.5 Å². The molecule has 16 nitrogen and oxygen atoms in total. The van der Waals surface area contributed by atoms with E-state index in [2.05, 4.69) is 119 Å². The third-order valence-corrected chi connectivity index (χ3v) is 19.1. The van der Waals surface area contributed by atoms with Crippen LogP contribution in [0.1, 0.15) is 80.8 Å². The van der Waals surface area contributed by atoms with Gasteiger partial charge in [0, 0.05) is 126 Å². The summed E-state index contributed by atoms with van der Waals surface area (Å²) >= 11 is 0. The van der Waals surface area contributed by atoms with Crippen molar-refractivity contribution in [1.82, 2.24) is 40.9 Å². The molecule has 0 aromatic heterocycles. The molecule has 6 fully saturated rings. The van der Waals surface area contributed by atoms with E-state index in [-0.39, 0.29) is 23.4 Å². The summed E-state index contributed by atoms with van der Waals surface area (Å²) in [7, 11) is 9.35. The number of likely N-dealkylation sites (tertiary alicyclic amines) is 4. The molecule has 6 saturated heterocycles. The van der Waals surface area contributed by atoms with E-state index in [1.165, 1.54) is 60.3 Å². The van der Waals surface area contributed by atoms with Crippen LogP contribution in [-0.2, 0) is 48.9 Å². The van der Waals surface area contributed by atoms with Crippen LogP contribution in [0.3, 0.4) is 0 Å². The van der Waals surface area contributed by atoms with E-state index < -0.39 is 24.3 Å². The van der Waals surface area contributed by atoms with Crippen molar-refractivity contribution < 1.29 is 73.5 Å². The van der Waals surface area contributed by atoms with Gasteiger partial charge in [0.1, 0.15) is 35.7 Å². The molecule has 24 heteroatoms. The van der Waals surface area contributed by atoms with Crippen LogP contribution in [0.4, 0.5) is 35.1 Å². The molecule has 516 valence electrons. The number of likely N-dealkylation sites (N-methyl/N-ethyl adjacent to an activating group) is 2. The number of alkyl halides is 6. The van der Waals surface area contributed by atoms with Crippen LogP contribution >= 0.6 is 0 Å². The molecule has 6 aromatic rings. The van der Waals surface area contributed by atoms with Crippen molar-refractivity contribution in [3.05, 3.63) is 190 Å². The van der Waals surface area contributed by atoms with Crippen molar-refractivity contribution in [2.75, 3.05) is 93.6 Å². The molecule has 0 radical (unpaired) electrons. The van der Waals surface area contributed by atoms with Gasteiger partial charge in [-0.1, -0.05) is 72.8 Å². The van der Waals surface area contributed by atoms with Crippen molar-refractivity contribution in [2.45, 2.75) is 115 Å². The Bertz CT molecular complexity index is 3470. The van der Waals surface area contributed by atoms with Gasteiger partial charge in [0.15, 0.2) is 0 Å². The Balaban J connectivity index is 0.000000188. The number of carbonyl (C=O) groups excluding carboxylic acids is 4. The number of hydrogen-bond donors (Lipinski definition) is 4. The number of nitrogens with zero attached hydrogens (tertiary/aromatic N) is 6. The van der Waals surface area contributed by atoms with E-state index in [1.807, 2.05) is 72.8 Å². The smallest absolute Gasteiger partial charge is 0.430 e. The zero-order chi connectivity index (χ0) is 69.3. The maximum Gasteiger partial charge on any atom is 0.430 e. The van der Waals surface area contributed by atoms with Gasteiger partial charge in [0.2, 0.25) is 0 Å². The SMILES string of the molecule is C[C@H]1CN(Cc2cccc(-c3cc(CNC(=O)c4cccc(CN5C[C@@H]6C[C@H]5C[N+]6(C)C)c4)ccc3F)c2)CCN1.C[C@H]1CN(Cc2cccc(-c3cc(CNC(=O)c4cccc(CN5C[C@@H]6C[C@H]5C[N+]6(C)C)c4)ccc3F)c2)CCN1.O=C([O-])C(F)(F)F.O=C([O-])C(F)(F)F. The fourth-order valence-electron chi connectivity index (χ4n) is 14.0. The van der Waals surface area contributed by atoms with E-state index >= 15 is 0 Å². The second-order valence-electron chi connectivity index (χ2n) is 27.4. The van der Waals surface area contributed by atoms with Crippen molar-refractivity contribution in [3.8, 4) is 22.3 Å². The van der Waals surface area contributed by atoms with E-state index in [0.717, 1.165) is 110 Å². The summed E-state index contributed by atoms with van der Waals surface area (Å²) < 4.78 is 95.3. The molecule has 0 aliphatic carbocycles. The standard InChI is InChI=1S/2C34H42FN5O.2C2HF3O2/c2*1-24-19-38(13-12-36-24)20-26-6-4-8-28(14-26)32-16-25(10-11-33(32)35)18-37-34(41)29-9-5-7-27(15-29)21-39-22-31-17-30(39)23-40(31,2)3;2*3-2(4,5)1(6)7/h2*4-11,14-16,24,30-31,36H,12-13,17-23H2,1-3H3;2*(H,6,7)/t2*24-,30-,31-;;/m00../s1. The predicted molar refractivity (Wildman–Crippen MR) is 346 cm³/mol. The molecule has 2 amide bonds. The monoisotopic (exact) mass is 1340 g/mol. The minimum Gasteiger partial charge on any atom is -0.542 e. The Morgan fingerprint density at radius 2 is 0.844 bits per heavy atom. The highest BCUT2D eigenvalue weighted by atomic mass is 19.4. The number of carboxylic acids is 2. The minimum atomic E-state index is -5.19. The maximum absolute atomic E-state index is 15.0. The zero-order valence-electron chi connectivity index (χ0n) is 55.1. The van der Waals surface area contributed by atoms with Gasteiger partial charge in [-0.25, -0.2) is 8.78 Å². The zero-order valence-corrected chi connectivity index (χ0v) is 55.1. The normalized spacial score (nSPS) is 22.2. The minimum absolute atomic E-state index is 0.106. The lowest BCUT2D eigenvalue weighted by molar-refractivity contribution is -0.906. The number of rotatable bonds is 16. The molecule has 96 heavy (non-hydrogen) atoms. The first-order valence-corrected chi connectivity index (χ1v) is 32.5. The second-order valence-corrected chi connectivity index (χ2v) is 27.4. The number of piperazine rings is 4. The molecule has 6 aromatic carbocycles. The molecule has 6 aliphatic rings. The highest BCUT2D eigenvalue weighted by Gasteiger charge is 2.51. The van der Waals surface area contributed by atoms with Crippen LogP contribution in [-0.4, -0.2) is 195 Å². The van der Waals surface area contributed by atoms with Gasteiger partial charge in [-0.2, -0.15) is 26.3 Å². The first-order chi connectivity index (χ1) is 45.3. The summed E-state index contributed by atoms with van der Waals surface area (Å²) in [5.74, 6) is -6.73. The van der Waals surface area contributed by atoms with Crippen LogP contribution in [0.25, 0.3) is 22.3 Å². The number of amides is 2. The van der Waals surface area contributed by atoms with Crippen molar-refractivity contribution in [3.63, 3.8) is 0 Å². The van der Waals surface area contributed by atoms with Gasteiger partial charge in [-0.15, -0.1) is 0 Å². The lowest BCUT2D eigenvalue weighted by Gasteiger charge is -2.38. The van der Waals surface area contributed by atoms with E-state index in [4.69, 9.17) is 19.8 Å². The summed E-state index contributed by atoms with van der Waals surface area (Å²) in [4.78, 5) is 53.8. The number of halogens is 8. The number of carboxylic acid groups (broad SMARTS) is 2. The number of fused-ring (bicyclic) bond motifs is 4. The van der Waals surface area contributed by atoms with Gasteiger partial charge in [-0.3, -0.25) is 29.2 Å². The third kappa shape index (κ3) is 19.8. The topological polar surface area (TPSA) is 175 Å². The van der Waals surface area contributed by atoms with Crippen LogP contribution < -0.4 is 31.5 Å². The molecular weight excluding hydrogens is 1250 g/mol. The lowest BCUT2D eigenvalue weighted by Crippen LogP contribution is -2.54. The largest absolute Gasteiger partial charge is 0.542 e. The first kappa shape index (κ1) is 72.6. The molecule has 0 spiro atoms. The average Bonchev–Trinajstić information content (AvgIpc) is 1.63. The Hall–Kier alpha value is -7.68. The van der Waals surface area contributed by atoms with E-state index in [0.29, 0.717) is 71.6 Å². The fourth-order valence-corrected chi connectivity index (χ4v) is 14.0. The molecule has 0 unspecified atom stereocenters. The third-order valence-electron chi connectivity index (χ3n) is 19.1. The Morgan fingerprint density at radius 1 is 0.490 bits per heavy atom. The summed E-state index contributed by atoms with van der Waals surface area (Å²) in [6, 6.07) is 46.2. The van der Waals surface area contributed by atoms with Crippen molar-refractivity contribution in [1.29, 1.82) is 0 Å². The highest BCUT2D eigenvalue weighted by molar-refractivity contribution is 5.95. The van der Waals surface area contributed by atoms with Gasteiger partial charge in [0.25, 0.3) is 11.8 Å². The lowest BCUT2D eigenvalue weighted by atomic mass is 10.00. The summed E-state index contributed by atoms with van der Waals surface area (Å²) in [6.45, 7) is 19.2. The van der Waals surface area contributed by atoms with Crippen LogP contribution in [0, 0.1) is 11.6 Å². The van der Waals surface area contributed by atoms with Crippen molar-refractivity contribution in [2.24, 2.45) is 0 Å². The molecule has 6 atom stereocenters. The molecule has 6 heterocycles. The van der Waals surface area contributed by atoms with Gasteiger partial charge in [-0.05, 0) is 119 Å². The quantitative estimate of drug-likeness (QED) is 0.0573. The predicted octanol–water partition coefficient (Wildman–Crippen LogP) is 7.10. The van der Waals surface area contributed by atoms with Crippen molar-refractivity contribution >= 4 is 23.8 Å². The summed E-state index contributed by atoms with van der Waals surface area (Å²) in [5.41, 5.74) is 10.7. The fraction of sp³-hybridized carbons (Fsp3) is 0.444. The summed E-state index contributed by atoms with van der Waals surface area (Å²) in [6.07, 6.45) is -7.85. The molecule has 6 aliphatic heterocycles. The Labute approximate surface area is 556 Å². The Kier molecular flexibility index (Phi) is 23.6. The van der Waals surface area contributed by atoms with E-state index in [1.54, 1.807) is 12.1 Å². The number of carbonyl (C=O) groups is 4. The number of quaternary nitrogens is 2. The number of hydrogen-bond acceptors (Lipinski definition) is 12. The number of benzene rings is 6. The highest BCUT2D eigenvalue weighted by Crippen LogP contribution is 2.37. The first-order valence-electron chi connectivity index (χ1n) is 32.5. The second kappa shape index (κ2) is 31.2. The average molecular weight is 1340 g/mol. The maximum atomic E-state index is 15.0. The number of aliphatic carboxylic acids is 2. The molecule has 12 rings (SSSR count). The van der Waals surface area contributed by atoms with Gasteiger partial charge < -0.3 is 50.0 Å². The van der Waals surface area contributed by atoms with Crippen LogP contribution in [0.5, 0.6) is 0 Å². The molecular formula is C72H86F8N10O6. The molecule has 4 bridgehead atoms. The molecule has 4 N–H and O–H groups in total. The summed E-state index contributed by atoms with van der Waals surface area (Å²) in [5, 5.41) is 30.6. The van der Waals surface area contributed by atoms with Crippen LogP contribution in [0.2, 0.25) is 0 Å². The van der Waals surface area contributed by atoms with E-state index in [9.17, 15) is 44.7 Å².